The molecule has 0 rings (SSSR count). The van der Waals surface area contributed by atoms with Crippen LogP contribution in [0.5, 0.6) is 0 Å². The predicted octanol–water partition coefficient (Wildman–Crippen LogP) is 1.49. The molecule has 0 amide bonds. The molecule has 0 aliphatic heterocycles. The van der Waals surface area contributed by atoms with E-state index in [-0.39, 0.29) is 0 Å². The fourth-order valence-electron chi connectivity index (χ4n) is 0.0546. The maximum Gasteiger partial charge on any atom is 0.372 e. The van der Waals surface area contributed by atoms with Crippen molar-refractivity contribution in [1.29, 1.82) is 0 Å². The van der Waals surface area contributed by atoms with Crippen LogP contribution in [0.2, 0.25) is 0 Å². The van der Waals surface area contributed by atoms with Gasteiger partial charge in [0.1, 0.15) is 4.32 Å². The molecule has 0 saturated heterocycles. The first kappa shape index (κ1) is 8.43. The van der Waals surface area contributed by atoms with Gasteiger partial charge in [-0.3, -0.25) is 0 Å². The lowest BCUT2D eigenvalue weighted by atomic mass is 10.2. The second-order valence-electron chi connectivity index (χ2n) is 1.62. The summed E-state index contributed by atoms with van der Waals surface area (Å²) in [5, 5.41) is 10.4. The van der Waals surface area contributed by atoms with E-state index in [1.54, 1.807) is 0 Å². The standard InChI is InChI=1S/C4H5Br2O2/c1-4(6,2-5)3(7)8/h2H2,1H3. The van der Waals surface area contributed by atoms with Crippen LogP contribution in [-0.4, -0.2) is 15.6 Å². The number of hydrogen-bond acceptors (Lipinski definition) is 1. The number of halogens is 2. The van der Waals surface area contributed by atoms with Gasteiger partial charge in [0.2, 0.25) is 0 Å². The van der Waals surface area contributed by atoms with Gasteiger partial charge in [-0.25, -0.2) is 9.90 Å². The smallest absolute Gasteiger partial charge is 0.246 e. The van der Waals surface area contributed by atoms with Gasteiger partial charge in [-0.2, -0.15) is 0 Å². The lowest BCUT2D eigenvalue weighted by Gasteiger charge is -2.08. The lowest BCUT2D eigenvalue weighted by molar-refractivity contribution is -0.144. The molecule has 0 aromatic heterocycles. The van der Waals surface area contributed by atoms with Crippen LogP contribution in [-0.2, 0) is 9.90 Å². The van der Waals surface area contributed by atoms with Crippen molar-refractivity contribution in [2.45, 2.75) is 11.2 Å². The molecule has 0 saturated carbocycles. The lowest BCUT2D eigenvalue weighted by Crippen LogP contribution is -2.28. The van der Waals surface area contributed by atoms with Crippen molar-refractivity contribution >= 4 is 37.8 Å². The quantitative estimate of drug-likeness (QED) is 0.679. The van der Waals surface area contributed by atoms with Gasteiger partial charge >= 0.3 is 5.97 Å². The molecule has 0 aromatic carbocycles. The molecular formula is C4H5Br2O2. The largest absolute Gasteiger partial charge is 0.372 e. The summed E-state index contributed by atoms with van der Waals surface area (Å²) in [7, 11) is 0. The van der Waals surface area contributed by atoms with Gasteiger partial charge in [0.25, 0.3) is 0 Å². The monoisotopic (exact) mass is 243 g/mol. The molecule has 1 atom stereocenters. The van der Waals surface area contributed by atoms with Crippen molar-refractivity contribution < 1.29 is 9.90 Å². The highest BCUT2D eigenvalue weighted by atomic mass is 79.9. The van der Waals surface area contributed by atoms with E-state index >= 15 is 0 Å². The fourth-order valence-corrected chi connectivity index (χ4v) is 0.283. The SMILES string of the molecule is CC(Br)(CBr)C([O])=O. The first-order valence-corrected chi connectivity index (χ1v) is 3.88. The van der Waals surface area contributed by atoms with E-state index in [2.05, 4.69) is 31.9 Å². The summed E-state index contributed by atoms with van der Waals surface area (Å²) in [6.07, 6.45) is 0. The third kappa shape index (κ3) is 2.13. The summed E-state index contributed by atoms with van der Waals surface area (Å²) in [5.41, 5.74) is 0. The van der Waals surface area contributed by atoms with Crippen molar-refractivity contribution in [2.75, 3.05) is 5.33 Å². The Hall–Kier alpha value is 0.430. The molecule has 0 fully saturated rings. The normalized spacial score (nSPS) is 17.4. The fraction of sp³-hybridized carbons (Fsp3) is 0.750. The summed E-state index contributed by atoms with van der Waals surface area (Å²) < 4.78 is -0.924. The molecule has 2 nitrogen and oxygen atoms in total. The number of rotatable bonds is 2. The molecule has 47 valence electrons. The van der Waals surface area contributed by atoms with E-state index in [1.165, 1.54) is 6.92 Å². The molecule has 0 aromatic rings. The van der Waals surface area contributed by atoms with Crippen LogP contribution in [0.25, 0.3) is 0 Å². The molecule has 4 heteroatoms. The Morgan fingerprint density at radius 3 is 2.12 bits per heavy atom. The highest BCUT2D eigenvalue weighted by molar-refractivity contribution is 9.12. The van der Waals surface area contributed by atoms with Crippen LogP contribution < -0.4 is 0 Å². The van der Waals surface area contributed by atoms with E-state index in [0.717, 1.165) is 0 Å². The zero-order valence-corrected chi connectivity index (χ0v) is 7.45. The minimum atomic E-state index is -1.10. The molecule has 0 N–H and O–H groups in total. The zero-order valence-electron chi connectivity index (χ0n) is 4.28. The predicted molar refractivity (Wildman–Crippen MR) is 36.8 cm³/mol. The Morgan fingerprint density at radius 1 is 1.75 bits per heavy atom. The minimum absolute atomic E-state index is 0.350. The second-order valence-corrected chi connectivity index (χ2v) is 3.93. The summed E-state index contributed by atoms with van der Waals surface area (Å²) in [6.45, 7) is 1.52. The number of carbonyl (C=O) groups excluding carboxylic acids is 1. The molecule has 8 heavy (non-hydrogen) atoms. The number of hydrogen-bond donors (Lipinski definition) is 0. The summed E-state index contributed by atoms with van der Waals surface area (Å²) in [6, 6.07) is 0. The van der Waals surface area contributed by atoms with E-state index in [9.17, 15) is 9.90 Å². The molecular weight excluding hydrogens is 240 g/mol. The Morgan fingerprint density at radius 2 is 2.12 bits per heavy atom. The van der Waals surface area contributed by atoms with Crippen molar-refractivity contribution in [3.8, 4) is 0 Å². The van der Waals surface area contributed by atoms with Crippen LogP contribution in [0.1, 0.15) is 6.92 Å². The molecule has 0 bridgehead atoms. The van der Waals surface area contributed by atoms with Gasteiger partial charge in [-0.15, -0.1) is 0 Å². The van der Waals surface area contributed by atoms with Gasteiger partial charge in [-0.1, -0.05) is 31.9 Å². The molecule has 0 heterocycles. The third-order valence-corrected chi connectivity index (χ3v) is 3.15. The topological polar surface area (TPSA) is 37.0 Å². The van der Waals surface area contributed by atoms with Gasteiger partial charge < -0.3 is 0 Å². The van der Waals surface area contributed by atoms with Crippen molar-refractivity contribution in [1.82, 2.24) is 0 Å². The van der Waals surface area contributed by atoms with E-state index in [4.69, 9.17) is 0 Å². The van der Waals surface area contributed by atoms with Crippen molar-refractivity contribution in [2.24, 2.45) is 0 Å². The van der Waals surface area contributed by atoms with Crippen LogP contribution in [0, 0.1) is 0 Å². The molecule has 0 aliphatic carbocycles. The second kappa shape index (κ2) is 2.82. The van der Waals surface area contributed by atoms with Gasteiger partial charge in [-0.05, 0) is 6.92 Å². The van der Waals surface area contributed by atoms with Gasteiger partial charge in [0.15, 0.2) is 0 Å². The van der Waals surface area contributed by atoms with E-state index < -0.39 is 10.3 Å². The average Bonchev–Trinajstić information content (AvgIpc) is 1.67. The number of carbonyl (C=O) groups is 1. The van der Waals surface area contributed by atoms with Gasteiger partial charge in [0, 0.05) is 5.33 Å². The molecule has 1 radical (unpaired) electrons. The maximum atomic E-state index is 10.1. The van der Waals surface area contributed by atoms with Crippen molar-refractivity contribution in [3.05, 3.63) is 0 Å². The van der Waals surface area contributed by atoms with Crippen molar-refractivity contribution in [3.63, 3.8) is 0 Å². The third-order valence-electron chi connectivity index (χ3n) is 0.677. The van der Waals surface area contributed by atoms with E-state index in [1.807, 2.05) is 0 Å². The summed E-state index contributed by atoms with van der Waals surface area (Å²) in [4.78, 5) is 10.1. The first-order valence-electron chi connectivity index (χ1n) is 1.97. The average molecular weight is 245 g/mol. The Labute approximate surface area is 64.5 Å². The molecule has 0 aliphatic rings. The Kier molecular flexibility index (Phi) is 2.98. The van der Waals surface area contributed by atoms with Crippen LogP contribution in [0.4, 0.5) is 0 Å². The van der Waals surface area contributed by atoms with Crippen LogP contribution in [0.3, 0.4) is 0 Å². The summed E-state index contributed by atoms with van der Waals surface area (Å²) >= 11 is 5.94. The summed E-state index contributed by atoms with van der Waals surface area (Å²) in [5.74, 6) is -1.10. The Balaban J connectivity index is 3.91. The van der Waals surface area contributed by atoms with Gasteiger partial charge in [0.05, 0.1) is 0 Å². The highest BCUT2D eigenvalue weighted by Gasteiger charge is 2.29. The zero-order chi connectivity index (χ0) is 6.78. The Bertz CT molecular complexity index is 100. The maximum absolute atomic E-state index is 10.1. The van der Waals surface area contributed by atoms with Crippen LogP contribution >= 0.6 is 31.9 Å². The molecule has 0 spiro atoms. The number of alkyl halides is 2. The highest BCUT2D eigenvalue weighted by Crippen LogP contribution is 2.19. The van der Waals surface area contributed by atoms with Crippen LogP contribution in [0.15, 0.2) is 0 Å². The van der Waals surface area contributed by atoms with E-state index in [0.29, 0.717) is 5.33 Å². The molecule has 1 unspecified atom stereocenters. The first-order chi connectivity index (χ1) is 3.50. The minimum Gasteiger partial charge on any atom is -0.246 e.